The average molecular weight is 330 g/mol. The van der Waals surface area contributed by atoms with E-state index < -0.39 is 0 Å². The Morgan fingerprint density at radius 2 is 1.79 bits per heavy atom. The summed E-state index contributed by atoms with van der Waals surface area (Å²) in [6.07, 6.45) is 1.87. The summed E-state index contributed by atoms with van der Waals surface area (Å²) in [6.45, 7) is 0. The Kier molecular flexibility index (Phi) is 3.45. The second-order valence-corrected chi connectivity index (χ2v) is 6.29. The number of pyridine rings is 1. The first-order chi connectivity index (χ1) is 11.8. The molecular formula is C19H12N3OS+. The highest BCUT2D eigenvalue weighted by Crippen LogP contribution is 2.29. The smallest absolute Gasteiger partial charge is 0.307 e. The lowest BCUT2D eigenvalue weighted by atomic mass is 10.2. The largest absolute Gasteiger partial charge is 0.324 e. The topological polar surface area (TPSA) is 57.0 Å². The lowest BCUT2D eigenvalue weighted by Gasteiger charge is -2.00. The van der Waals surface area contributed by atoms with Gasteiger partial charge in [-0.1, -0.05) is 36.4 Å². The molecule has 0 aliphatic heterocycles. The van der Waals surface area contributed by atoms with E-state index in [2.05, 4.69) is 11.4 Å². The highest BCUT2D eigenvalue weighted by atomic mass is 32.1. The lowest BCUT2D eigenvalue weighted by molar-refractivity contribution is -0.508. The molecule has 2 heterocycles. The van der Waals surface area contributed by atoms with Gasteiger partial charge in [-0.3, -0.25) is 4.79 Å². The number of amides is 1. The summed E-state index contributed by atoms with van der Waals surface area (Å²) in [5.74, 6) is -0.219. The van der Waals surface area contributed by atoms with Crippen molar-refractivity contribution in [3.63, 3.8) is 0 Å². The molecule has 24 heavy (non-hydrogen) atoms. The van der Waals surface area contributed by atoms with Gasteiger partial charge in [0.1, 0.15) is 0 Å². The number of nitriles is 1. The Morgan fingerprint density at radius 1 is 1.04 bits per heavy atom. The van der Waals surface area contributed by atoms with Gasteiger partial charge in [0.05, 0.1) is 5.39 Å². The van der Waals surface area contributed by atoms with E-state index in [9.17, 15) is 10.1 Å². The van der Waals surface area contributed by atoms with Gasteiger partial charge in [0.2, 0.25) is 0 Å². The van der Waals surface area contributed by atoms with Gasteiger partial charge >= 0.3 is 5.69 Å². The fourth-order valence-corrected chi connectivity index (χ4v) is 3.80. The van der Waals surface area contributed by atoms with Crippen molar-refractivity contribution in [3.8, 4) is 6.07 Å². The number of nitrogens with zero attached hydrogens (tertiary/aromatic N) is 2. The van der Waals surface area contributed by atoms with Crippen molar-refractivity contribution in [1.29, 1.82) is 5.26 Å². The maximum absolute atomic E-state index is 12.4. The Labute approximate surface area is 142 Å². The number of carbonyl (C=O) groups is 1. The molecule has 0 aliphatic carbocycles. The van der Waals surface area contributed by atoms with Gasteiger partial charge < -0.3 is 5.32 Å². The first kappa shape index (κ1) is 14.4. The number of anilines is 1. The maximum atomic E-state index is 12.4. The third-order valence-corrected chi connectivity index (χ3v) is 4.95. The number of benzene rings is 2. The van der Waals surface area contributed by atoms with Crippen LogP contribution in [0.25, 0.3) is 15.6 Å². The number of fused-ring (bicyclic) bond motifs is 3. The highest BCUT2D eigenvalue weighted by Gasteiger charge is 2.24. The molecule has 1 amide bonds. The van der Waals surface area contributed by atoms with Crippen LogP contribution < -0.4 is 9.72 Å². The second kappa shape index (κ2) is 5.76. The minimum absolute atomic E-state index is 0.219. The molecule has 0 saturated carbocycles. The quantitative estimate of drug-likeness (QED) is 0.569. The van der Waals surface area contributed by atoms with Crippen LogP contribution in [-0.4, -0.2) is 5.91 Å². The fourth-order valence-electron chi connectivity index (χ4n) is 2.68. The normalized spacial score (nSPS) is 10.6. The number of rotatable bonds is 2. The summed E-state index contributed by atoms with van der Waals surface area (Å²) >= 11 is 1.41. The van der Waals surface area contributed by atoms with E-state index >= 15 is 0 Å². The van der Waals surface area contributed by atoms with Crippen molar-refractivity contribution in [2.75, 3.05) is 5.32 Å². The number of nitrogens with one attached hydrogen (secondary N) is 1. The van der Waals surface area contributed by atoms with Gasteiger partial charge in [-0.05, 0) is 34.9 Å². The Hall–Kier alpha value is -3.23. The number of aromatic nitrogens is 1. The van der Waals surface area contributed by atoms with E-state index in [1.807, 2.05) is 59.1 Å². The zero-order chi connectivity index (χ0) is 16.5. The summed E-state index contributed by atoms with van der Waals surface area (Å²) in [7, 11) is 0. The standard InChI is InChI=1S/C19H11N3OS/c20-12-16-18(21-17(23)14-7-2-1-3-8-14)24-19-15-9-5-4-6-13(15)10-11-22(16)19/h1-11H/p+1. The molecule has 2 aromatic heterocycles. The number of hydrogen-bond donors (Lipinski definition) is 1. The van der Waals surface area contributed by atoms with Crippen LogP contribution in [0.1, 0.15) is 16.1 Å². The molecule has 4 aromatic rings. The van der Waals surface area contributed by atoms with Gasteiger partial charge in [0, 0.05) is 11.6 Å². The average Bonchev–Trinajstić information content (AvgIpc) is 3.00. The molecule has 4 rings (SSSR count). The van der Waals surface area contributed by atoms with Crippen molar-refractivity contribution in [2.45, 2.75) is 0 Å². The van der Waals surface area contributed by atoms with Crippen LogP contribution in [0.15, 0.2) is 66.9 Å². The van der Waals surface area contributed by atoms with E-state index in [1.54, 1.807) is 12.1 Å². The molecular weight excluding hydrogens is 318 g/mol. The second-order valence-electron chi connectivity index (χ2n) is 5.29. The number of carbonyl (C=O) groups excluding carboxylic acids is 1. The monoisotopic (exact) mass is 330 g/mol. The summed E-state index contributed by atoms with van der Waals surface area (Å²) in [5.41, 5.74) is 0.999. The van der Waals surface area contributed by atoms with Crippen LogP contribution in [0.2, 0.25) is 0 Å². The molecule has 0 bridgehead atoms. The maximum Gasteiger partial charge on any atom is 0.324 e. The molecule has 2 aromatic carbocycles. The first-order valence-corrected chi connectivity index (χ1v) is 8.22. The predicted molar refractivity (Wildman–Crippen MR) is 94.1 cm³/mol. The molecule has 0 aliphatic rings. The van der Waals surface area contributed by atoms with Crippen LogP contribution in [0, 0.1) is 11.3 Å². The van der Waals surface area contributed by atoms with E-state index in [0.29, 0.717) is 16.3 Å². The SMILES string of the molecule is N#Cc1c(NC(=O)c2ccccc2)sc2c3ccccc3cc[n+]12. The molecule has 0 spiro atoms. The Morgan fingerprint density at radius 3 is 2.58 bits per heavy atom. The van der Waals surface area contributed by atoms with Gasteiger partial charge in [-0.2, -0.15) is 5.26 Å². The van der Waals surface area contributed by atoms with Crippen molar-refractivity contribution >= 4 is 37.8 Å². The molecule has 1 N–H and O–H groups in total. The summed E-state index contributed by atoms with van der Waals surface area (Å²) < 4.78 is 1.83. The molecule has 0 unspecified atom stereocenters. The molecule has 5 heteroatoms. The Balaban J connectivity index is 1.85. The Bertz CT molecular complexity index is 1110. The van der Waals surface area contributed by atoms with Crippen LogP contribution in [0.3, 0.4) is 0 Å². The van der Waals surface area contributed by atoms with Crippen LogP contribution in [0.4, 0.5) is 5.00 Å². The van der Waals surface area contributed by atoms with Gasteiger partial charge in [-0.25, -0.2) is 0 Å². The predicted octanol–water partition coefficient (Wildman–Crippen LogP) is 3.76. The van der Waals surface area contributed by atoms with Crippen molar-refractivity contribution in [1.82, 2.24) is 0 Å². The molecule has 114 valence electrons. The summed E-state index contributed by atoms with van der Waals surface area (Å²) in [4.78, 5) is 13.3. The van der Waals surface area contributed by atoms with Crippen molar-refractivity contribution < 1.29 is 9.20 Å². The van der Waals surface area contributed by atoms with Gasteiger partial charge in [0.15, 0.2) is 17.3 Å². The molecule has 0 saturated heterocycles. The number of thiazole rings is 1. The van der Waals surface area contributed by atoms with Crippen molar-refractivity contribution in [2.24, 2.45) is 0 Å². The minimum Gasteiger partial charge on any atom is -0.307 e. The lowest BCUT2D eigenvalue weighted by Crippen LogP contribution is -2.23. The third kappa shape index (κ3) is 2.30. The van der Waals surface area contributed by atoms with Crippen molar-refractivity contribution in [3.05, 3.63) is 78.1 Å². The molecule has 0 radical (unpaired) electrons. The summed E-state index contributed by atoms with van der Waals surface area (Å²) in [6, 6.07) is 21.2. The zero-order valence-corrected chi connectivity index (χ0v) is 13.4. The van der Waals surface area contributed by atoms with E-state index in [4.69, 9.17) is 0 Å². The highest BCUT2D eigenvalue weighted by molar-refractivity contribution is 7.21. The van der Waals surface area contributed by atoms with Crippen LogP contribution in [0.5, 0.6) is 0 Å². The van der Waals surface area contributed by atoms with Gasteiger partial charge in [0.25, 0.3) is 10.7 Å². The molecule has 0 atom stereocenters. The van der Waals surface area contributed by atoms with Crippen LogP contribution >= 0.6 is 11.3 Å². The van der Waals surface area contributed by atoms with E-state index in [1.165, 1.54) is 11.3 Å². The first-order valence-electron chi connectivity index (χ1n) is 7.40. The minimum atomic E-state index is -0.219. The summed E-state index contributed by atoms with van der Waals surface area (Å²) in [5, 5.41) is 15.1. The zero-order valence-electron chi connectivity index (χ0n) is 12.6. The number of hydrogen-bond acceptors (Lipinski definition) is 3. The molecule has 4 nitrogen and oxygen atoms in total. The molecule has 0 fully saturated rings. The fraction of sp³-hybridized carbons (Fsp3) is 0. The third-order valence-electron chi connectivity index (χ3n) is 3.84. The van der Waals surface area contributed by atoms with Gasteiger partial charge in [-0.15, -0.1) is 4.40 Å². The van der Waals surface area contributed by atoms with E-state index in [-0.39, 0.29) is 5.91 Å². The van der Waals surface area contributed by atoms with Crippen LogP contribution in [-0.2, 0) is 0 Å². The van der Waals surface area contributed by atoms with E-state index in [0.717, 1.165) is 15.6 Å².